The van der Waals surface area contributed by atoms with Gasteiger partial charge in [0.15, 0.2) is 0 Å². The van der Waals surface area contributed by atoms with E-state index in [2.05, 4.69) is 18.2 Å². The first-order chi connectivity index (χ1) is 6.85. The number of hydrogen-bond acceptors (Lipinski definition) is 3. The molecular formula is C11H15N3. The Balaban J connectivity index is 3.69. The molecule has 0 saturated heterocycles. The van der Waals surface area contributed by atoms with Crippen LogP contribution < -0.4 is 0 Å². The number of rotatable bonds is 7. The summed E-state index contributed by atoms with van der Waals surface area (Å²) in [5, 5.41) is 25.3. The van der Waals surface area contributed by atoms with Crippen molar-refractivity contribution in [2.45, 2.75) is 44.9 Å². The van der Waals surface area contributed by atoms with E-state index >= 15 is 0 Å². The van der Waals surface area contributed by atoms with Crippen LogP contribution in [0.15, 0.2) is 0 Å². The van der Waals surface area contributed by atoms with E-state index < -0.39 is 0 Å². The molecule has 0 amide bonds. The van der Waals surface area contributed by atoms with Gasteiger partial charge >= 0.3 is 0 Å². The maximum atomic E-state index is 8.44. The standard InChI is InChI=1S/C11H15N3/c12-8-2-1-5-11(6-3-9-13)7-4-10-14/h11H,1-7H2. The quantitative estimate of drug-likeness (QED) is 0.578. The molecule has 0 aromatic heterocycles. The highest BCUT2D eigenvalue weighted by Crippen LogP contribution is 2.19. The third-order valence-electron chi connectivity index (χ3n) is 2.23. The Labute approximate surface area is 85.6 Å². The van der Waals surface area contributed by atoms with Gasteiger partial charge in [0.2, 0.25) is 0 Å². The predicted octanol–water partition coefficient (Wildman–Crippen LogP) is 2.90. The first-order valence-corrected chi connectivity index (χ1v) is 4.96. The lowest BCUT2D eigenvalue weighted by Gasteiger charge is -2.12. The van der Waals surface area contributed by atoms with E-state index in [0.29, 0.717) is 25.2 Å². The smallest absolute Gasteiger partial charge is 0.0621 e. The molecule has 3 nitrogen and oxygen atoms in total. The Kier molecular flexibility index (Phi) is 8.51. The third kappa shape index (κ3) is 7.14. The van der Waals surface area contributed by atoms with Crippen LogP contribution in [-0.2, 0) is 0 Å². The molecule has 0 atom stereocenters. The van der Waals surface area contributed by atoms with Crippen LogP contribution in [0.3, 0.4) is 0 Å². The summed E-state index contributed by atoms with van der Waals surface area (Å²) in [7, 11) is 0. The van der Waals surface area contributed by atoms with Crippen molar-refractivity contribution in [2.24, 2.45) is 5.92 Å². The Hall–Kier alpha value is -1.53. The van der Waals surface area contributed by atoms with Crippen molar-refractivity contribution in [1.82, 2.24) is 0 Å². The molecule has 0 aromatic carbocycles. The van der Waals surface area contributed by atoms with Crippen LogP contribution in [0, 0.1) is 39.9 Å². The van der Waals surface area contributed by atoms with Gasteiger partial charge in [-0.3, -0.25) is 0 Å². The number of hydrogen-bond donors (Lipinski definition) is 0. The van der Waals surface area contributed by atoms with E-state index in [4.69, 9.17) is 15.8 Å². The molecule has 0 aromatic rings. The molecule has 0 aliphatic heterocycles. The molecule has 0 aliphatic rings. The zero-order valence-electron chi connectivity index (χ0n) is 8.37. The summed E-state index contributed by atoms with van der Waals surface area (Å²) < 4.78 is 0. The van der Waals surface area contributed by atoms with Gasteiger partial charge in [-0.05, 0) is 31.6 Å². The zero-order valence-corrected chi connectivity index (χ0v) is 8.37. The number of unbranched alkanes of at least 4 members (excludes halogenated alkanes) is 1. The van der Waals surface area contributed by atoms with E-state index in [0.717, 1.165) is 25.7 Å². The predicted molar refractivity (Wildman–Crippen MR) is 52.6 cm³/mol. The van der Waals surface area contributed by atoms with Crippen molar-refractivity contribution >= 4 is 0 Å². The van der Waals surface area contributed by atoms with Crippen LogP contribution in [0.1, 0.15) is 44.9 Å². The van der Waals surface area contributed by atoms with Crippen LogP contribution in [0.4, 0.5) is 0 Å². The summed E-state index contributed by atoms with van der Waals surface area (Å²) in [5.74, 6) is 0.447. The van der Waals surface area contributed by atoms with E-state index in [1.54, 1.807) is 0 Å². The molecule has 0 N–H and O–H groups in total. The first-order valence-electron chi connectivity index (χ1n) is 4.96. The minimum absolute atomic E-state index is 0.447. The molecule has 0 unspecified atom stereocenters. The normalized spacial score (nSPS) is 9.00. The summed E-state index contributed by atoms with van der Waals surface area (Å²) in [4.78, 5) is 0. The van der Waals surface area contributed by atoms with E-state index in [1.165, 1.54) is 0 Å². The second-order valence-corrected chi connectivity index (χ2v) is 3.31. The molecule has 0 aliphatic carbocycles. The maximum Gasteiger partial charge on any atom is 0.0621 e. The van der Waals surface area contributed by atoms with Gasteiger partial charge in [-0.1, -0.05) is 0 Å². The monoisotopic (exact) mass is 189 g/mol. The molecule has 0 bridgehead atoms. The van der Waals surface area contributed by atoms with E-state index in [9.17, 15) is 0 Å². The Bertz CT molecular complexity index is 233. The number of nitrogens with zero attached hydrogens (tertiary/aromatic N) is 3. The van der Waals surface area contributed by atoms with E-state index in [-0.39, 0.29) is 0 Å². The summed E-state index contributed by atoms with van der Waals surface area (Å²) in [6, 6.07) is 6.34. The molecule has 0 radical (unpaired) electrons. The van der Waals surface area contributed by atoms with Crippen molar-refractivity contribution in [3.63, 3.8) is 0 Å². The lowest BCUT2D eigenvalue weighted by atomic mass is 9.93. The summed E-state index contributed by atoms with van der Waals surface area (Å²) >= 11 is 0. The van der Waals surface area contributed by atoms with Crippen molar-refractivity contribution in [1.29, 1.82) is 15.8 Å². The lowest BCUT2D eigenvalue weighted by molar-refractivity contribution is 0.419. The van der Waals surface area contributed by atoms with Gasteiger partial charge in [-0.25, -0.2) is 0 Å². The Morgan fingerprint density at radius 3 is 1.64 bits per heavy atom. The van der Waals surface area contributed by atoms with Gasteiger partial charge in [0.25, 0.3) is 0 Å². The van der Waals surface area contributed by atoms with Crippen LogP contribution in [0.5, 0.6) is 0 Å². The maximum absolute atomic E-state index is 8.44. The molecular weight excluding hydrogens is 174 g/mol. The minimum atomic E-state index is 0.447. The fourth-order valence-electron chi connectivity index (χ4n) is 1.44. The average Bonchev–Trinajstić information content (AvgIpc) is 2.21. The van der Waals surface area contributed by atoms with Crippen molar-refractivity contribution in [2.75, 3.05) is 0 Å². The highest BCUT2D eigenvalue weighted by atomic mass is 14.3. The molecule has 74 valence electrons. The first kappa shape index (κ1) is 12.5. The molecule has 0 fully saturated rings. The molecule has 0 spiro atoms. The number of nitriles is 3. The lowest BCUT2D eigenvalue weighted by Crippen LogP contribution is -2.00. The van der Waals surface area contributed by atoms with Crippen molar-refractivity contribution in [3.8, 4) is 18.2 Å². The van der Waals surface area contributed by atoms with Gasteiger partial charge in [0.1, 0.15) is 0 Å². The summed E-state index contributed by atoms with van der Waals surface area (Å²) in [6.07, 6.45) is 5.28. The fourth-order valence-corrected chi connectivity index (χ4v) is 1.44. The SMILES string of the molecule is N#CCCCC(CCC#N)CCC#N. The zero-order chi connectivity index (χ0) is 10.6. The minimum Gasteiger partial charge on any atom is -0.198 e. The molecule has 0 heterocycles. The summed E-state index contributed by atoms with van der Waals surface area (Å²) in [6.45, 7) is 0. The van der Waals surface area contributed by atoms with Crippen molar-refractivity contribution in [3.05, 3.63) is 0 Å². The van der Waals surface area contributed by atoms with Crippen LogP contribution in [0.2, 0.25) is 0 Å². The topological polar surface area (TPSA) is 71.4 Å². The van der Waals surface area contributed by atoms with Gasteiger partial charge in [0.05, 0.1) is 18.2 Å². The Morgan fingerprint density at radius 1 is 0.714 bits per heavy atom. The second kappa shape index (κ2) is 9.56. The van der Waals surface area contributed by atoms with Gasteiger partial charge in [0, 0.05) is 19.3 Å². The van der Waals surface area contributed by atoms with Crippen LogP contribution in [-0.4, -0.2) is 0 Å². The summed E-state index contributed by atoms with van der Waals surface area (Å²) in [5.41, 5.74) is 0. The molecule has 3 heteroatoms. The Morgan fingerprint density at radius 2 is 1.21 bits per heavy atom. The van der Waals surface area contributed by atoms with E-state index in [1.807, 2.05) is 0 Å². The van der Waals surface area contributed by atoms with Gasteiger partial charge in [-0.2, -0.15) is 15.8 Å². The van der Waals surface area contributed by atoms with Crippen LogP contribution in [0.25, 0.3) is 0 Å². The fraction of sp³-hybridized carbons (Fsp3) is 0.727. The van der Waals surface area contributed by atoms with Crippen molar-refractivity contribution < 1.29 is 0 Å². The highest BCUT2D eigenvalue weighted by molar-refractivity contribution is 4.77. The molecule has 14 heavy (non-hydrogen) atoms. The highest BCUT2D eigenvalue weighted by Gasteiger charge is 2.07. The van der Waals surface area contributed by atoms with Crippen LogP contribution >= 0.6 is 0 Å². The second-order valence-electron chi connectivity index (χ2n) is 3.31. The largest absolute Gasteiger partial charge is 0.198 e. The molecule has 0 rings (SSSR count). The molecule has 0 saturated carbocycles. The van der Waals surface area contributed by atoms with Gasteiger partial charge in [-0.15, -0.1) is 0 Å². The average molecular weight is 189 g/mol. The van der Waals surface area contributed by atoms with Gasteiger partial charge < -0.3 is 0 Å². The third-order valence-corrected chi connectivity index (χ3v) is 2.23.